The van der Waals surface area contributed by atoms with Gasteiger partial charge < -0.3 is 4.74 Å². The van der Waals surface area contributed by atoms with E-state index in [9.17, 15) is 0 Å². The van der Waals surface area contributed by atoms with Crippen LogP contribution in [-0.2, 0) is 6.61 Å². The molecule has 0 aliphatic rings. The van der Waals surface area contributed by atoms with Gasteiger partial charge in [0.1, 0.15) is 6.61 Å². The molecule has 0 aromatic carbocycles. The Morgan fingerprint density at radius 2 is 1.89 bits per heavy atom. The molecule has 0 spiro atoms. The summed E-state index contributed by atoms with van der Waals surface area (Å²) in [5.41, 5.74) is 0.931. The van der Waals surface area contributed by atoms with Crippen LogP contribution in [-0.4, -0.2) is 19.6 Å². The molecule has 2 aromatic rings. The SMILES string of the molecule is CC(C)n1cc(OCc2ccn(C(C)C)n2)cn1. The van der Waals surface area contributed by atoms with Gasteiger partial charge in [0.15, 0.2) is 5.75 Å². The Balaban J connectivity index is 1.93. The van der Waals surface area contributed by atoms with Crippen molar-refractivity contribution in [2.75, 3.05) is 0 Å². The van der Waals surface area contributed by atoms with Crippen LogP contribution in [0.2, 0.25) is 0 Å². The summed E-state index contributed by atoms with van der Waals surface area (Å²) in [6.07, 6.45) is 5.62. The fraction of sp³-hybridized carbons (Fsp3) is 0.538. The van der Waals surface area contributed by atoms with E-state index in [1.54, 1.807) is 6.20 Å². The number of hydrogen-bond donors (Lipinski definition) is 0. The van der Waals surface area contributed by atoms with Gasteiger partial charge in [-0.25, -0.2) is 0 Å². The zero-order valence-corrected chi connectivity index (χ0v) is 11.4. The van der Waals surface area contributed by atoms with Crippen LogP contribution in [0.3, 0.4) is 0 Å². The summed E-state index contributed by atoms with van der Waals surface area (Å²) < 4.78 is 9.46. The van der Waals surface area contributed by atoms with Crippen LogP contribution >= 0.6 is 0 Å². The van der Waals surface area contributed by atoms with E-state index in [1.165, 1.54) is 0 Å². The lowest BCUT2D eigenvalue weighted by atomic mass is 10.4. The lowest BCUT2D eigenvalue weighted by Crippen LogP contribution is -2.03. The Labute approximate surface area is 107 Å². The van der Waals surface area contributed by atoms with Crippen LogP contribution in [0.5, 0.6) is 5.75 Å². The standard InChI is InChI=1S/C13H20N4O/c1-10(2)16-6-5-12(15-16)9-18-13-7-14-17(8-13)11(3)4/h5-8,10-11H,9H2,1-4H3. The van der Waals surface area contributed by atoms with E-state index in [0.29, 0.717) is 18.7 Å². The van der Waals surface area contributed by atoms with E-state index in [2.05, 4.69) is 37.9 Å². The molecule has 0 saturated heterocycles. The topological polar surface area (TPSA) is 44.9 Å². The van der Waals surface area contributed by atoms with E-state index < -0.39 is 0 Å². The van der Waals surface area contributed by atoms with Crippen molar-refractivity contribution in [2.24, 2.45) is 0 Å². The maximum atomic E-state index is 5.66. The zero-order valence-electron chi connectivity index (χ0n) is 11.4. The third-order valence-corrected chi connectivity index (χ3v) is 2.69. The van der Waals surface area contributed by atoms with Crippen LogP contribution < -0.4 is 4.74 Å². The minimum absolute atomic E-state index is 0.350. The number of aromatic nitrogens is 4. The molecule has 0 fully saturated rings. The molecular formula is C13H20N4O. The number of nitrogens with zero attached hydrogens (tertiary/aromatic N) is 4. The molecular weight excluding hydrogens is 228 g/mol. The molecule has 0 aliphatic carbocycles. The highest BCUT2D eigenvalue weighted by Crippen LogP contribution is 2.14. The number of hydrogen-bond acceptors (Lipinski definition) is 3. The molecule has 0 amide bonds. The van der Waals surface area contributed by atoms with Gasteiger partial charge in [0.25, 0.3) is 0 Å². The highest BCUT2D eigenvalue weighted by Gasteiger charge is 2.05. The highest BCUT2D eigenvalue weighted by atomic mass is 16.5. The van der Waals surface area contributed by atoms with Gasteiger partial charge in [-0.05, 0) is 33.8 Å². The molecule has 0 saturated carbocycles. The number of ether oxygens (including phenoxy) is 1. The second-order valence-electron chi connectivity index (χ2n) is 4.92. The Morgan fingerprint density at radius 1 is 1.17 bits per heavy atom. The van der Waals surface area contributed by atoms with Gasteiger partial charge in [-0.1, -0.05) is 0 Å². The van der Waals surface area contributed by atoms with Crippen molar-refractivity contribution in [2.45, 2.75) is 46.4 Å². The fourth-order valence-corrected chi connectivity index (χ4v) is 1.58. The van der Waals surface area contributed by atoms with Gasteiger partial charge in [0.05, 0.1) is 18.1 Å². The van der Waals surface area contributed by atoms with Gasteiger partial charge >= 0.3 is 0 Å². The van der Waals surface area contributed by atoms with E-state index in [4.69, 9.17) is 4.74 Å². The molecule has 0 unspecified atom stereocenters. The maximum absolute atomic E-state index is 5.66. The predicted molar refractivity (Wildman–Crippen MR) is 69.6 cm³/mol. The fourth-order valence-electron chi connectivity index (χ4n) is 1.58. The summed E-state index contributed by atoms with van der Waals surface area (Å²) in [5, 5.41) is 8.66. The molecule has 2 heterocycles. The van der Waals surface area contributed by atoms with Crippen LogP contribution in [0.4, 0.5) is 0 Å². The van der Waals surface area contributed by atoms with Crippen molar-refractivity contribution in [1.82, 2.24) is 19.6 Å². The van der Waals surface area contributed by atoms with E-state index in [-0.39, 0.29) is 0 Å². The van der Waals surface area contributed by atoms with Gasteiger partial charge in [0.2, 0.25) is 0 Å². The molecule has 18 heavy (non-hydrogen) atoms. The third-order valence-electron chi connectivity index (χ3n) is 2.69. The van der Waals surface area contributed by atoms with Crippen LogP contribution in [0.1, 0.15) is 45.5 Å². The van der Waals surface area contributed by atoms with Gasteiger partial charge in [0, 0.05) is 18.3 Å². The highest BCUT2D eigenvalue weighted by molar-refractivity contribution is 5.13. The van der Waals surface area contributed by atoms with Crippen molar-refractivity contribution in [3.8, 4) is 5.75 Å². The van der Waals surface area contributed by atoms with Crippen molar-refractivity contribution < 1.29 is 4.74 Å². The van der Waals surface area contributed by atoms with Crippen LogP contribution in [0, 0.1) is 0 Å². The summed E-state index contributed by atoms with van der Waals surface area (Å²) >= 11 is 0. The molecule has 98 valence electrons. The first-order valence-electron chi connectivity index (χ1n) is 6.27. The number of rotatable bonds is 5. The largest absolute Gasteiger partial charge is 0.484 e. The van der Waals surface area contributed by atoms with Gasteiger partial charge in [-0.15, -0.1) is 0 Å². The Hall–Kier alpha value is -1.78. The van der Waals surface area contributed by atoms with Crippen molar-refractivity contribution in [3.05, 3.63) is 30.4 Å². The monoisotopic (exact) mass is 248 g/mol. The molecule has 0 bridgehead atoms. The molecule has 5 heteroatoms. The Morgan fingerprint density at radius 3 is 2.44 bits per heavy atom. The average Bonchev–Trinajstić information content (AvgIpc) is 2.95. The van der Waals surface area contributed by atoms with Crippen molar-refractivity contribution >= 4 is 0 Å². The third kappa shape index (κ3) is 2.91. The summed E-state index contributed by atoms with van der Waals surface area (Å²) in [6, 6.07) is 2.71. The molecule has 0 N–H and O–H groups in total. The lowest BCUT2D eigenvalue weighted by molar-refractivity contribution is 0.298. The molecule has 2 aromatic heterocycles. The molecule has 0 radical (unpaired) electrons. The quantitative estimate of drug-likeness (QED) is 0.817. The first-order valence-corrected chi connectivity index (χ1v) is 6.27. The zero-order chi connectivity index (χ0) is 13.1. The maximum Gasteiger partial charge on any atom is 0.157 e. The Bertz CT molecular complexity index is 452. The van der Waals surface area contributed by atoms with E-state index in [0.717, 1.165) is 11.4 Å². The van der Waals surface area contributed by atoms with E-state index >= 15 is 0 Å². The summed E-state index contributed by atoms with van der Waals surface area (Å²) in [6.45, 7) is 8.85. The van der Waals surface area contributed by atoms with E-state index in [1.807, 2.05) is 27.8 Å². The minimum atomic E-state index is 0.350. The normalized spacial score (nSPS) is 11.4. The predicted octanol–water partition coefficient (Wildman–Crippen LogP) is 2.82. The second-order valence-corrected chi connectivity index (χ2v) is 4.92. The average molecular weight is 248 g/mol. The summed E-state index contributed by atoms with van der Waals surface area (Å²) in [7, 11) is 0. The smallest absolute Gasteiger partial charge is 0.157 e. The Kier molecular flexibility index (Phi) is 3.69. The van der Waals surface area contributed by atoms with Gasteiger partial charge in [-0.2, -0.15) is 10.2 Å². The lowest BCUT2D eigenvalue weighted by Gasteiger charge is -2.04. The van der Waals surface area contributed by atoms with Gasteiger partial charge in [-0.3, -0.25) is 9.36 Å². The molecule has 0 aliphatic heterocycles. The summed E-state index contributed by atoms with van der Waals surface area (Å²) in [5.74, 6) is 0.780. The van der Waals surface area contributed by atoms with Crippen molar-refractivity contribution in [3.63, 3.8) is 0 Å². The van der Waals surface area contributed by atoms with Crippen LogP contribution in [0.25, 0.3) is 0 Å². The molecule has 5 nitrogen and oxygen atoms in total. The first kappa shape index (κ1) is 12.7. The van der Waals surface area contributed by atoms with Crippen molar-refractivity contribution in [1.29, 1.82) is 0 Å². The minimum Gasteiger partial charge on any atom is -0.484 e. The first-order chi connectivity index (χ1) is 8.56. The molecule has 0 atom stereocenters. The van der Waals surface area contributed by atoms with Crippen LogP contribution in [0.15, 0.2) is 24.7 Å². The second kappa shape index (κ2) is 5.25. The molecule has 2 rings (SSSR count). The summed E-state index contributed by atoms with van der Waals surface area (Å²) in [4.78, 5) is 0.